The van der Waals surface area contributed by atoms with Gasteiger partial charge in [0.05, 0.1) is 16.8 Å². The molecule has 1 aromatic carbocycles. The smallest absolute Gasteiger partial charge is 0.173 e. The van der Waals surface area contributed by atoms with Crippen LogP contribution < -0.4 is 5.73 Å². The number of anilines is 1. The maximum atomic E-state index is 14.6. The fraction of sp³-hybridized carbons (Fsp3) is 0.0625. The Kier molecular flexibility index (Phi) is 2.89. The van der Waals surface area contributed by atoms with Crippen LogP contribution in [0, 0.1) is 18.6 Å². The Morgan fingerprint density at radius 1 is 1.17 bits per heavy atom. The van der Waals surface area contributed by atoms with Gasteiger partial charge in [0.2, 0.25) is 0 Å². The molecule has 0 fully saturated rings. The van der Waals surface area contributed by atoms with Crippen LogP contribution in [0.5, 0.6) is 5.75 Å². The molecule has 0 saturated carbocycles. The molecule has 0 aliphatic rings. The minimum absolute atomic E-state index is 0.0473. The van der Waals surface area contributed by atoms with Gasteiger partial charge in [0.15, 0.2) is 17.2 Å². The predicted octanol–water partition coefficient (Wildman–Crippen LogP) is 3.05. The molecule has 3 heterocycles. The predicted molar refractivity (Wildman–Crippen MR) is 85.4 cm³/mol. The number of phenols is 1. The largest absolute Gasteiger partial charge is 0.505 e. The van der Waals surface area contributed by atoms with Crippen LogP contribution in [-0.2, 0) is 0 Å². The number of benzene rings is 1. The maximum absolute atomic E-state index is 14.6. The minimum atomic E-state index is -0.923. The summed E-state index contributed by atoms with van der Waals surface area (Å²) in [5.74, 6) is -2.18. The number of aromatic nitrogens is 4. The highest BCUT2D eigenvalue weighted by molar-refractivity contribution is 6.12. The fourth-order valence-electron chi connectivity index (χ4n) is 2.80. The molecule has 8 heteroatoms. The molecule has 0 aliphatic heterocycles. The number of nitrogens with zero attached hydrogens (tertiary/aromatic N) is 3. The lowest BCUT2D eigenvalue weighted by molar-refractivity contribution is 0.431. The molecule has 0 unspecified atom stereocenters. The van der Waals surface area contributed by atoms with Crippen molar-refractivity contribution in [2.45, 2.75) is 6.92 Å². The lowest BCUT2D eigenvalue weighted by atomic mass is 10.0. The van der Waals surface area contributed by atoms with Gasteiger partial charge in [0, 0.05) is 28.6 Å². The molecule has 0 atom stereocenters. The van der Waals surface area contributed by atoms with Gasteiger partial charge >= 0.3 is 0 Å². The average Bonchev–Trinajstić information content (AvgIpc) is 2.93. The summed E-state index contributed by atoms with van der Waals surface area (Å²) in [4.78, 5) is 8.33. The summed E-state index contributed by atoms with van der Waals surface area (Å²) in [7, 11) is 0. The Morgan fingerprint density at radius 3 is 2.67 bits per heavy atom. The number of pyridine rings is 2. The Bertz CT molecular complexity index is 1110. The van der Waals surface area contributed by atoms with Crippen LogP contribution in [-0.4, -0.2) is 25.3 Å². The SMILES string of the molecule is Cc1n[nH]c2nc(-c3ccc(N)nc3)c3c(F)cc(O)c(F)c3c12. The summed E-state index contributed by atoms with van der Waals surface area (Å²) < 4.78 is 29.2. The monoisotopic (exact) mass is 327 g/mol. The summed E-state index contributed by atoms with van der Waals surface area (Å²) in [5.41, 5.74) is 6.96. The van der Waals surface area contributed by atoms with E-state index in [1.54, 1.807) is 19.1 Å². The van der Waals surface area contributed by atoms with E-state index in [1.807, 2.05) is 0 Å². The maximum Gasteiger partial charge on any atom is 0.173 e. The average molecular weight is 327 g/mol. The first-order valence-corrected chi connectivity index (χ1v) is 7.04. The van der Waals surface area contributed by atoms with Crippen LogP contribution in [0.1, 0.15) is 5.69 Å². The third-order valence-electron chi connectivity index (χ3n) is 3.89. The van der Waals surface area contributed by atoms with Crippen molar-refractivity contribution in [2.24, 2.45) is 0 Å². The molecular weight excluding hydrogens is 316 g/mol. The Morgan fingerprint density at radius 2 is 1.96 bits per heavy atom. The molecule has 0 spiro atoms. The third kappa shape index (κ3) is 1.89. The number of nitrogens with one attached hydrogen (secondary N) is 1. The van der Waals surface area contributed by atoms with Crippen molar-refractivity contribution in [3.05, 3.63) is 41.7 Å². The topological polar surface area (TPSA) is 101 Å². The van der Waals surface area contributed by atoms with Crippen molar-refractivity contribution < 1.29 is 13.9 Å². The van der Waals surface area contributed by atoms with Crippen LogP contribution >= 0.6 is 0 Å². The lowest BCUT2D eigenvalue weighted by Crippen LogP contribution is -1.96. The number of aromatic amines is 1. The number of phenolic OH excluding ortho intramolecular Hbond substituents is 1. The van der Waals surface area contributed by atoms with E-state index in [0.717, 1.165) is 6.07 Å². The zero-order chi connectivity index (χ0) is 17.0. The van der Waals surface area contributed by atoms with Crippen molar-refractivity contribution in [3.8, 4) is 17.0 Å². The minimum Gasteiger partial charge on any atom is -0.505 e. The Hall–Kier alpha value is -3.29. The van der Waals surface area contributed by atoms with E-state index < -0.39 is 17.4 Å². The van der Waals surface area contributed by atoms with Gasteiger partial charge in [-0.15, -0.1) is 0 Å². The third-order valence-corrected chi connectivity index (χ3v) is 3.89. The first kappa shape index (κ1) is 14.3. The molecule has 0 amide bonds. The van der Waals surface area contributed by atoms with Gasteiger partial charge in [-0.05, 0) is 19.1 Å². The molecular formula is C16H11F2N5O. The zero-order valence-corrected chi connectivity index (χ0v) is 12.4. The Balaban J connectivity index is 2.25. The summed E-state index contributed by atoms with van der Waals surface area (Å²) >= 11 is 0. The second-order valence-corrected chi connectivity index (χ2v) is 5.41. The first-order valence-electron chi connectivity index (χ1n) is 7.04. The van der Waals surface area contributed by atoms with Gasteiger partial charge in [-0.2, -0.15) is 5.10 Å². The van der Waals surface area contributed by atoms with E-state index >= 15 is 0 Å². The van der Waals surface area contributed by atoms with Gasteiger partial charge in [0.25, 0.3) is 0 Å². The lowest BCUT2D eigenvalue weighted by Gasteiger charge is -2.10. The number of fused-ring (bicyclic) bond motifs is 3. The van der Waals surface area contributed by atoms with Crippen LogP contribution in [0.3, 0.4) is 0 Å². The van der Waals surface area contributed by atoms with Gasteiger partial charge in [-0.25, -0.2) is 18.7 Å². The number of aryl methyl sites for hydroxylation is 1. The van der Waals surface area contributed by atoms with Crippen molar-refractivity contribution in [2.75, 3.05) is 5.73 Å². The van der Waals surface area contributed by atoms with Crippen LogP contribution in [0.15, 0.2) is 24.4 Å². The van der Waals surface area contributed by atoms with Crippen LogP contribution in [0.2, 0.25) is 0 Å². The quantitative estimate of drug-likeness (QED) is 0.499. The van der Waals surface area contributed by atoms with Crippen molar-refractivity contribution in [1.82, 2.24) is 20.2 Å². The van der Waals surface area contributed by atoms with Crippen molar-refractivity contribution in [1.29, 1.82) is 0 Å². The van der Waals surface area contributed by atoms with Gasteiger partial charge in [-0.1, -0.05) is 0 Å². The van der Waals surface area contributed by atoms with E-state index in [4.69, 9.17) is 5.73 Å². The second-order valence-electron chi connectivity index (χ2n) is 5.41. The standard InChI is InChI=1S/C16H11F2N5O/c1-6-11-13-12(8(17)4-9(24)14(13)18)15(21-16(11)23-22-6)7-2-3-10(19)20-5-7/h2-5,24H,1H3,(H2,19,20)(H,21,22,23). The number of H-pyrrole nitrogens is 1. The number of hydrogen-bond acceptors (Lipinski definition) is 5. The van der Waals surface area contributed by atoms with E-state index in [2.05, 4.69) is 20.2 Å². The van der Waals surface area contributed by atoms with Gasteiger partial charge in [0.1, 0.15) is 11.6 Å². The fourth-order valence-corrected chi connectivity index (χ4v) is 2.80. The van der Waals surface area contributed by atoms with Gasteiger partial charge < -0.3 is 10.8 Å². The number of hydrogen-bond donors (Lipinski definition) is 3. The first-order chi connectivity index (χ1) is 11.5. The number of aromatic hydroxyl groups is 1. The van der Waals surface area contributed by atoms with Crippen LogP contribution in [0.25, 0.3) is 33.1 Å². The summed E-state index contributed by atoms with van der Waals surface area (Å²) in [5, 5.41) is 16.6. The van der Waals surface area contributed by atoms with E-state index in [-0.39, 0.29) is 22.1 Å². The van der Waals surface area contributed by atoms with E-state index in [0.29, 0.717) is 22.5 Å². The molecule has 4 rings (SSSR count). The molecule has 0 bridgehead atoms. The molecule has 24 heavy (non-hydrogen) atoms. The summed E-state index contributed by atoms with van der Waals surface area (Å²) in [6.45, 7) is 1.64. The zero-order valence-electron chi connectivity index (χ0n) is 12.4. The molecule has 0 saturated heterocycles. The van der Waals surface area contributed by atoms with Crippen molar-refractivity contribution in [3.63, 3.8) is 0 Å². The summed E-state index contributed by atoms with van der Waals surface area (Å²) in [6.07, 6.45) is 1.43. The normalized spacial score (nSPS) is 11.5. The molecule has 6 nitrogen and oxygen atoms in total. The molecule has 4 aromatic rings. The highest BCUT2D eigenvalue weighted by Gasteiger charge is 2.22. The number of nitrogen functional groups attached to an aromatic ring is 1. The number of nitrogens with two attached hydrogens (primary N) is 1. The molecule has 4 N–H and O–H groups in total. The molecule has 0 radical (unpaired) electrons. The Labute approximate surface area is 134 Å². The highest BCUT2D eigenvalue weighted by atomic mass is 19.1. The van der Waals surface area contributed by atoms with E-state index in [1.165, 1.54) is 6.20 Å². The molecule has 3 aromatic heterocycles. The number of halogens is 2. The van der Waals surface area contributed by atoms with E-state index in [9.17, 15) is 13.9 Å². The van der Waals surface area contributed by atoms with Crippen LogP contribution in [0.4, 0.5) is 14.6 Å². The van der Waals surface area contributed by atoms with Crippen molar-refractivity contribution >= 4 is 27.6 Å². The second kappa shape index (κ2) is 4.85. The highest BCUT2D eigenvalue weighted by Crippen LogP contribution is 2.38. The summed E-state index contributed by atoms with van der Waals surface area (Å²) in [6, 6.07) is 3.89. The van der Waals surface area contributed by atoms with Gasteiger partial charge in [-0.3, -0.25) is 5.10 Å². The number of rotatable bonds is 1. The molecule has 120 valence electrons. The molecule has 0 aliphatic carbocycles.